The number of rotatable bonds is 6. The van der Waals surface area contributed by atoms with Crippen LogP contribution in [0.5, 0.6) is 0 Å². The van der Waals surface area contributed by atoms with Gasteiger partial charge in [0.15, 0.2) is 6.49 Å². The van der Waals surface area contributed by atoms with Crippen LogP contribution in [0.1, 0.15) is 13.8 Å². The Kier molecular flexibility index (Phi) is 6.40. The summed E-state index contributed by atoms with van der Waals surface area (Å²) in [6.07, 6.45) is 0.162. The topological polar surface area (TPSA) is 32.1 Å². The summed E-state index contributed by atoms with van der Waals surface area (Å²) < 4.78 is 16.6. The molecule has 0 amide bonds. The van der Waals surface area contributed by atoms with Gasteiger partial charge >= 0.3 is 0 Å². The zero-order valence-corrected chi connectivity index (χ0v) is 12.1. The molecule has 0 unspecified atom stereocenters. The molecule has 1 N–H and O–H groups in total. The maximum absolute atomic E-state index is 5.82. The van der Waals surface area contributed by atoms with Crippen LogP contribution >= 0.6 is 6.49 Å². The summed E-state index contributed by atoms with van der Waals surface area (Å²) >= 11 is 5.32. The first kappa shape index (κ1) is 14.6. The SMILES string of the molecule is CCO[P@](C)(=S)O[C@@H](C)C[NH+]1CCOCC1. The van der Waals surface area contributed by atoms with E-state index in [4.69, 9.17) is 25.6 Å². The molecule has 1 aliphatic heterocycles. The zero-order valence-electron chi connectivity index (χ0n) is 10.4. The van der Waals surface area contributed by atoms with E-state index >= 15 is 0 Å². The predicted molar refractivity (Wildman–Crippen MR) is 68.8 cm³/mol. The lowest BCUT2D eigenvalue weighted by Gasteiger charge is -2.28. The van der Waals surface area contributed by atoms with Crippen LogP contribution in [0.3, 0.4) is 0 Å². The molecule has 0 aromatic carbocycles. The maximum Gasteiger partial charge on any atom is 0.186 e. The van der Waals surface area contributed by atoms with E-state index < -0.39 is 6.49 Å². The Morgan fingerprint density at radius 3 is 2.62 bits per heavy atom. The average molecular weight is 268 g/mol. The number of quaternary nitrogens is 1. The highest BCUT2D eigenvalue weighted by atomic mass is 32.5. The van der Waals surface area contributed by atoms with Gasteiger partial charge in [0.05, 0.1) is 19.8 Å². The molecule has 6 heteroatoms. The van der Waals surface area contributed by atoms with Gasteiger partial charge in [0.2, 0.25) is 0 Å². The van der Waals surface area contributed by atoms with Crippen LogP contribution in [0.4, 0.5) is 0 Å². The summed E-state index contributed by atoms with van der Waals surface area (Å²) in [5.74, 6) is 0. The molecular weight excluding hydrogens is 245 g/mol. The third kappa shape index (κ3) is 5.71. The van der Waals surface area contributed by atoms with E-state index in [0.717, 1.165) is 32.8 Å². The highest BCUT2D eigenvalue weighted by Crippen LogP contribution is 2.45. The number of morpholine rings is 1. The van der Waals surface area contributed by atoms with Crippen LogP contribution in [0, 0.1) is 0 Å². The van der Waals surface area contributed by atoms with Gasteiger partial charge in [-0.1, -0.05) is 0 Å². The second-order valence-corrected chi connectivity index (χ2v) is 8.17. The fraction of sp³-hybridized carbons (Fsp3) is 1.00. The van der Waals surface area contributed by atoms with Gasteiger partial charge in [-0.3, -0.25) is 0 Å². The summed E-state index contributed by atoms with van der Waals surface area (Å²) in [6.45, 7) is 9.36. The standard InChI is InChI=1S/C10H22NO3PS/c1-4-13-15(3,16)14-10(2)9-11-5-7-12-8-6-11/h10H,4-9H2,1-3H3/p+1/t10-,15-/m0/s1. The van der Waals surface area contributed by atoms with Crippen LogP contribution in [0.2, 0.25) is 0 Å². The summed E-state index contributed by atoms with van der Waals surface area (Å²) in [6, 6.07) is 0. The van der Waals surface area contributed by atoms with Crippen LogP contribution in [-0.4, -0.2) is 52.2 Å². The highest BCUT2D eigenvalue weighted by molar-refractivity contribution is 8.09. The fourth-order valence-electron chi connectivity index (χ4n) is 1.90. The molecule has 0 spiro atoms. The van der Waals surface area contributed by atoms with E-state index in [9.17, 15) is 0 Å². The smallest absolute Gasteiger partial charge is 0.186 e. The quantitative estimate of drug-likeness (QED) is 0.702. The van der Waals surface area contributed by atoms with Crippen molar-refractivity contribution >= 4 is 18.3 Å². The van der Waals surface area contributed by atoms with Crippen molar-refractivity contribution in [3.05, 3.63) is 0 Å². The van der Waals surface area contributed by atoms with Gasteiger partial charge in [-0.2, -0.15) is 0 Å². The van der Waals surface area contributed by atoms with Crippen molar-refractivity contribution in [1.29, 1.82) is 0 Å². The Hall–Kier alpha value is 0.490. The average Bonchev–Trinajstić information content (AvgIpc) is 2.17. The Labute approximate surface area is 103 Å². The van der Waals surface area contributed by atoms with Crippen molar-refractivity contribution in [3.63, 3.8) is 0 Å². The van der Waals surface area contributed by atoms with Gasteiger partial charge in [-0.25, -0.2) is 0 Å². The lowest BCUT2D eigenvalue weighted by Crippen LogP contribution is -3.15. The third-order valence-corrected chi connectivity index (χ3v) is 4.56. The second-order valence-electron chi connectivity index (χ2n) is 4.17. The summed E-state index contributed by atoms with van der Waals surface area (Å²) in [5.41, 5.74) is 0. The van der Waals surface area contributed by atoms with Crippen LogP contribution < -0.4 is 4.90 Å². The van der Waals surface area contributed by atoms with Gasteiger partial charge in [0, 0.05) is 6.66 Å². The normalized spacial score (nSPS) is 23.9. The van der Waals surface area contributed by atoms with Crippen molar-refractivity contribution in [2.24, 2.45) is 0 Å². The van der Waals surface area contributed by atoms with E-state index in [0.29, 0.717) is 6.61 Å². The second kappa shape index (κ2) is 7.04. The molecule has 1 heterocycles. The maximum atomic E-state index is 5.82. The van der Waals surface area contributed by atoms with Gasteiger partial charge in [0.25, 0.3) is 0 Å². The van der Waals surface area contributed by atoms with Gasteiger partial charge in [0.1, 0.15) is 25.7 Å². The Morgan fingerprint density at radius 1 is 1.44 bits per heavy atom. The molecule has 0 radical (unpaired) electrons. The molecule has 1 fully saturated rings. The minimum Gasteiger partial charge on any atom is -0.370 e. The number of nitrogens with one attached hydrogen (secondary N) is 1. The van der Waals surface area contributed by atoms with E-state index in [1.807, 2.05) is 13.6 Å². The number of hydrogen-bond donors (Lipinski definition) is 1. The molecule has 1 rings (SSSR count). The van der Waals surface area contributed by atoms with E-state index in [2.05, 4.69) is 6.92 Å². The summed E-state index contributed by atoms with van der Waals surface area (Å²) in [5, 5.41) is 0. The molecule has 0 aromatic rings. The Morgan fingerprint density at radius 2 is 2.06 bits per heavy atom. The first-order valence-corrected chi connectivity index (χ1v) is 8.94. The first-order chi connectivity index (χ1) is 7.53. The molecule has 96 valence electrons. The van der Waals surface area contributed by atoms with Gasteiger partial charge in [-0.05, 0) is 25.7 Å². The monoisotopic (exact) mass is 268 g/mol. The molecule has 0 saturated carbocycles. The zero-order chi connectivity index (χ0) is 12.0. The molecule has 0 aromatic heterocycles. The van der Waals surface area contributed by atoms with E-state index in [-0.39, 0.29) is 6.10 Å². The van der Waals surface area contributed by atoms with Crippen LogP contribution in [0.15, 0.2) is 0 Å². The minimum atomic E-state index is -2.03. The van der Waals surface area contributed by atoms with E-state index in [1.54, 1.807) is 0 Å². The molecule has 2 atom stereocenters. The van der Waals surface area contributed by atoms with Gasteiger partial charge < -0.3 is 18.7 Å². The predicted octanol–water partition coefficient (Wildman–Crippen LogP) is 0.282. The minimum absolute atomic E-state index is 0.162. The largest absolute Gasteiger partial charge is 0.370 e. The lowest BCUT2D eigenvalue weighted by atomic mass is 10.3. The molecular formula is C10H23NO3PS+. The molecule has 0 bridgehead atoms. The number of hydrogen-bond acceptors (Lipinski definition) is 4. The van der Waals surface area contributed by atoms with Crippen molar-refractivity contribution in [3.8, 4) is 0 Å². The molecule has 1 saturated heterocycles. The summed E-state index contributed by atoms with van der Waals surface area (Å²) in [4.78, 5) is 1.53. The highest BCUT2D eigenvalue weighted by Gasteiger charge is 2.21. The fourth-order valence-corrected chi connectivity index (χ4v) is 3.91. The van der Waals surface area contributed by atoms with Crippen LogP contribution in [-0.2, 0) is 25.6 Å². The van der Waals surface area contributed by atoms with E-state index in [1.165, 1.54) is 4.90 Å². The molecule has 4 nitrogen and oxygen atoms in total. The molecule has 1 aliphatic rings. The van der Waals surface area contributed by atoms with Crippen molar-refractivity contribution in [2.75, 3.05) is 46.1 Å². The molecule has 0 aliphatic carbocycles. The summed E-state index contributed by atoms with van der Waals surface area (Å²) in [7, 11) is 0. The lowest BCUT2D eigenvalue weighted by molar-refractivity contribution is -0.910. The molecule has 16 heavy (non-hydrogen) atoms. The third-order valence-electron chi connectivity index (χ3n) is 2.51. The first-order valence-electron chi connectivity index (χ1n) is 5.85. The van der Waals surface area contributed by atoms with Crippen molar-refractivity contribution in [2.45, 2.75) is 20.0 Å². The van der Waals surface area contributed by atoms with Gasteiger partial charge in [-0.15, -0.1) is 0 Å². The Bertz CT molecular complexity index is 246. The van der Waals surface area contributed by atoms with Crippen molar-refractivity contribution < 1.29 is 18.7 Å². The van der Waals surface area contributed by atoms with Crippen LogP contribution in [0.25, 0.3) is 0 Å². The number of ether oxygens (including phenoxy) is 1. The van der Waals surface area contributed by atoms with Crippen molar-refractivity contribution in [1.82, 2.24) is 0 Å². The Balaban J connectivity index is 2.28.